The van der Waals surface area contributed by atoms with Crippen LogP contribution in [0.2, 0.25) is 0 Å². The number of hydrogen-bond acceptors (Lipinski definition) is 8. The molecule has 1 amide bonds. The van der Waals surface area contributed by atoms with Crippen LogP contribution in [-0.4, -0.2) is 42.0 Å². The van der Waals surface area contributed by atoms with Gasteiger partial charge < -0.3 is 4.90 Å². The molecule has 0 fully saturated rings. The summed E-state index contributed by atoms with van der Waals surface area (Å²) in [5.41, 5.74) is 2.25. The molecular weight excluding hydrogens is 430 g/mol. The molecule has 2 aliphatic heterocycles. The number of carbonyl (C=O) groups is 1. The summed E-state index contributed by atoms with van der Waals surface area (Å²) >= 11 is 2.55. The van der Waals surface area contributed by atoms with Crippen molar-refractivity contribution in [1.82, 2.24) is 10.2 Å². The van der Waals surface area contributed by atoms with Gasteiger partial charge in [0, 0.05) is 22.6 Å². The van der Waals surface area contributed by atoms with E-state index in [2.05, 4.69) is 19.9 Å². The Bertz CT molecular complexity index is 1250. The molecular formula is C18H13N5O3S3. The van der Waals surface area contributed by atoms with E-state index in [0.29, 0.717) is 22.4 Å². The van der Waals surface area contributed by atoms with Gasteiger partial charge in [0.2, 0.25) is 5.13 Å². The Balaban J connectivity index is 1.36. The van der Waals surface area contributed by atoms with Crippen LogP contribution < -0.4 is 10.2 Å². The van der Waals surface area contributed by atoms with Crippen LogP contribution in [0.4, 0.5) is 10.8 Å². The van der Waals surface area contributed by atoms with Crippen molar-refractivity contribution in [2.24, 2.45) is 4.40 Å². The molecule has 3 heterocycles. The number of rotatable bonds is 3. The number of amides is 1. The molecule has 0 atom stereocenters. The number of benzene rings is 2. The minimum Gasteiger partial charge on any atom is -0.318 e. The summed E-state index contributed by atoms with van der Waals surface area (Å²) in [4.78, 5) is 15.3. The van der Waals surface area contributed by atoms with Crippen LogP contribution in [0.5, 0.6) is 0 Å². The molecule has 0 saturated heterocycles. The van der Waals surface area contributed by atoms with Gasteiger partial charge in [-0.15, -0.1) is 14.6 Å². The first kappa shape index (κ1) is 18.3. The first-order valence-corrected chi connectivity index (χ1v) is 11.9. The largest absolute Gasteiger partial charge is 0.318 e. The number of nitrogens with one attached hydrogen (secondary N) is 1. The zero-order valence-corrected chi connectivity index (χ0v) is 17.2. The molecule has 11 heteroatoms. The van der Waals surface area contributed by atoms with Crippen molar-refractivity contribution in [3.8, 4) is 10.6 Å². The highest BCUT2D eigenvalue weighted by atomic mass is 32.2. The number of carbonyl (C=O) groups excluding carboxylic acids is 1. The summed E-state index contributed by atoms with van der Waals surface area (Å²) in [5, 5.41) is 12.5. The number of fused-ring (bicyclic) bond motifs is 3. The minimum atomic E-state index is -3.41. The molecule has 0 aliphatic carbocycles. The summed E-state index contributed by atoms with van der Waals surface area (Å²) in [7, 11) is -3.41. The van der Waals surface area contributed by atoms with E-state index in [1.807, 2.05) is 41.3 Å². The maximum absolute atomic E-state index is 12.7. The van der Waals surface area contributed by atoms with E-state index >= 15 is 0 Å². The van der Waals surface area contributed by atoms with Crippen LogP contribution in [0.1, 0.15) is 10.4 Å². The van der Waals surface area contributed by atoms with Crippen LogP contribution >= 0.6 is 23.1 Å². The van der Waals surface area contributed by atoms with Gasteiger partial charge in [-0.1, -0.05) is 41.7 Å². The average molecular weight is 444 g/mol. The van der Waals surface area contributed by atoms with Gasteiger partial charge in [-0.2, -0.15) is 0 Å². The zero-order chi connectivity index (χ0) is 20.0. The molecule has 2 aliphatic rings. The molecule has 1 aromatic heterocycles. The Morgan fingerprint density at radius 1 is 1.10 bits per heavy atom. The summed E-state index contributed by atoms with van der Waals surface area (Å²) in [5.74, 6) is -0.317. The van der Waals surface area contributed by atoms with Crippen LogP contribution in [0.3, 0.4) is 0 Å². The van der Waals surface area contributed by atoms with Crippen molar-refractivity contribution in [3.63, 3.8) is 0 Å². The van der Waals surface area contributed by atoms with E-state index in [1.54, 1.807) is 12.1 Å². The summed E-state index contributed by atoms with van der Waals surface area (Å²) in [6.45, 7) is 0.361. The fourth-order valence-electron chi connectivity index (χ4n) is 3.01. The highest BCUT2D eigenvalue weighted by Gasteiger charge is 2.33. The Morgan fingerprint density at radius 2 is 1.93 bits per heavy atom. The molecule has 0 bridgehead atoms. The average Bonchev–Trinajstić information content (AvgIpc) is 3.31. The van der Waals surface area contributed by atoms with Crippen molar-refractivity contribution >= 4 is 55.0 Å². The summed E-state index contributed by atoms with van der Waals surface area (Å²) in [6, 6.07) is 14.9. The molecule has 0 unspecified atom stereocenters. The van der Waals surface area contributed by atoms with Crippen LogP contribution in [-0.2, 0) is 10.0 Å². The van der Waals surface area contributed by atoms with Gasteiger partial charge >= 0.3 is 0 Å². The molecule has 0 saturated carbocycles. The minimum absolute atomic E-state index is 0.0144. The molecule has 0 spiro atoms. The predicted octanol–water partition coefficient (Wildman–Crippen LogP) is 3.07. The molecule has 3 aromatic rings. The molecule has 29 heavy (non-hydrogen) atoms. The summed E-state index contributed by atoms with van der Waals surface area (Å²) < 4.78 is 27.3. The van der Waals surface area contributed by atoms with Crippen molar-refractivity contribution in [1.29, 1.82) is 0 Å². The maximum atomic E-state index is 12.7. The molecule has 2 aromatic carbocycles. The lowest BCUT2D eigenvalue weighted by atomic mass is 10.2. The van der Waals surface area contributed by atoms with Crippen molar-refractivity contribution in [3.05, 3.63) is 54.1 Å². The lowest BCUT2D eigenvalue weighted by Gasteiger charge is -2.22. The normalized spacial score (nSPS) is 16.7. The van der Waals surface area contributed by atoms with Crippen LogP contribution in [0.15, 0.2) is 57.8 Å². The fourth-order valence-corrected chi connectivity index (χ4v) is 6.05. The number of anilines is 2. The molecule has 146 valence electrons. The number of aromatic nitrogens is 2. The van der Waals surface area contributed by atoms with E-state index < -0.39 is 10.0 Å². The predicted molar refractivity (Wildman–Crippen MR) is 114 cm³/mol. The highest BCUT2D eigenvalue weighted by Crippen LogP contribution is 2.42. The number of thioether (sulfide) groups is 1. The van der Waals surface area contributed by atoms with Gasteiger partial charge in [0.1, 0.15) is 5.01 Å². The van der Waals surface area contributed by atoms with Crippen LogP contribution in [0, 0.1) is 0 Å². The third-order valence-corrected chi connectivity index (χ3v) is 7.60. The van der Waals surface area contributed by atoms with Crippen molar-refractivity contribution in [2.75, 3.05) is 22.5 Å². The lowest BCUT2D eigenvalue weighted by Crippen LogP contribution is -2.35. The van der Waals surface area contributed by atoms with Gasteiger partial charge in [0.15, 0.2) is 5.17 Å². The lowest BCUT2D eigenvalue weighted by molar-refractivity contribution is 0.102. The van der Waals surface area contributed by atoms with E-state index in [4.69, 9.17) is 0 Å². The molecule has 8 nitrogen and oxygen atoms in total. The van der Waals surface area contributed by atoms with Gasteiger partial charge in [-0.25, -0.2) is 8.42 Å². The van der Waals surface area contributed by atoms with Gasteiger partial charge in [0.05, 0.1) is 11.4 Å². The van der Waals surface area contributed by atoms with Crippen molar-refractivity contribution < 1.29 is 13.2 Å². The van der Waals surface area contributed by atoms with Crippen LogP contribution in [0.25, 0.3) is 10.6 Å². The smallest absolute Gasteiger partial charge is 0.257 e. The van der Waals surface area contributed by atoms with Gasteiger partial charge in [-0.05, 0) is 30.0 Å². The van der Waals surface area contributed by atoms with Gasteiger partial charge in [-0.3, -0.25) is 10.1 Å². The first-order chi connectivity index (χ1) is 14.0. The molecule has 0 radical (unpaired) electrons. The van der Waals surface area contributed by atoms with E-state index in [1.165, 1.54) is 23.1 Å². The fraction of sp³-hybridized carbons (Fsp3) is 0.111. The molecule has 5 rings (SSSR count). The third kappa shape index (κ3) is 3.52. The quantitative estimate of drug-likeness (QED) is 0.663. The van der Waals surface area contributed by atoms with Crippen molar-refractivity contribution in [2.45, 2.75) is 4.90 Å². The SMILES string of the molecule is O=C(Nc1nnc(-c2ccccc2)s1)c1ccc2c(c1)SC1=NS(=O)(=O)CCN12. The Morgan fingerprint density at radius 3 is 2.76 bits per heavy atom. The Hall–Kier alpha value is -2.76. The standard InChI is InChI=1S/C18H13N5O3S3/c24-15(19-17-21-20-16(28-17)11-4-2-1-3-5-11)12-6-7-13-14(10-12)27-18-22-29(25,26)9-8-23(13)18/h1-7,10H,8-9H2,(H,19,21,24). The second-order valence-electron chi connectivity index (χ2n) is 6.33. The second-order valence-corrected chi connectivity index (χ2v) is 10.1. The number of sulfonamides is 1. The summed E-state index contributed by atoms with van der Waals surface area (Å²) in [6.07, 6.45) is 0. The third-order valence-electron chi connectivity index (χ3n) is 4.40. The molecule has 1 N–H and O–H groups in total. The highest BCUT2D eigenvalue weighted by molar-refractivity contribution is 8.15. The van der Waals surface area contributed by atoms with E-state index in [-0.39, 0.29) is 11.7 Å². The van der Waals surface area contributed by atoms with Gasteiger partial charge in [0.25, 0.3) is 15.9 Å². The van der Waals surface area contributed by atoms with E-state index in [9.17, 15) is 13.2 Å². The topological polar surface area (TPSA) is 105 Å². The zero-order valence-electron chi connectivity index (χ0n) is 14.8. The van der Waals surface area contributed by atoms with E-state index in [0.717, 1.165) is 21.2 Å². The maximum Gasteiger partial charge on any atom is 0.257 e. The monoisotopic (exact) mass is 443 g/mol. The first-order valence-electron chi connectivity index (χ1n) is 8.61. The number of nitrogens with zero attached hydrogens (tertiary/aromatic N) is 4. The second kappa shape index (κ2) is 6.94. The Labute approximate surface area is 174 Å². The Kier molecular flexibility index (Phi) is 4.37. The number of hydrogen-bond donors (Lipinski definition) is 1. The number of amidine groups is 1.